The van der Waals surface area contributed by atoms with Crippen molar-refractivity contribution in [2.24, 2.45) is 11.1 Å². The normalized spacial score (nSPS) is 24.6. The first-order valence-corrected chi connectivity index (χ1v) is 13.3. The zero-order valence-electron chi connectivity index (χ0n) is 18.9. The Bertz CT molecular complexity index is 1150. The topological polar surface area (TPSA) is 47.9 Å². The minimum absolute atomic E-state index is 0.0399. The van der Waals surface area contributed by atoms with Gasteiger partial charge in [-0.2, -0.15) is 13.2 Å². The van der Waals surface area contributed by atoms with Crippen LogP contribution in [0.5, 0.6) is 0 Å². The number of Topliss-reactive ketones (excluding diaryl/α,β-unsaturated/α-hetero) is 1. The summed E-state index contributed by atoms with van der Waals surface area (Å²) in [6.07, 6.45) is 0.334. The lowest BCUT2D eigenvalue weighted by Gasteiger charge is -2.29. The fourth-order valence-electron chi connectivity index (χ4n) is 5.23. The molecule has 1 aliphatic carbocycles. The number of rotatable bonds is 5. The molecule has 0 spiro atoms. The fourth-order valence-corrected chi connectivity index (χ4v) is 7.08. The number of ether oxygens (including phenoxy) is 1. The van der Waals surface area contributed by atoms with Gasteiger partial charge in [-0.25, -0.2) is 0 Å². The number of carbonyl (C=O) groups excluding carboxylic acids is 1. The molecule has 2 aliphatic heterocycles. The number of alkyl halides is 3. The van der Waals surface area contributed by atoms with Crippen LogP contribution in [0.1, 0.15) is 69.8 Å². The number of hydrogen-bond donors (Lipinski definition) is 0. The zero-order chi connectivity index (χ0) is 24.8. The van der Waals surface area contributed by atoms with Gasteiger partial charge in [0, 0.05) is 35.2 Å². The maximum absolute atomic E-state index is 14.4. The molecule has 0 bridgehead atoms. The minimum atomic E-state index is -4.76. The van der Waals surface area contributed by atoms with E-state index >= 15 is 0 Å². The van der Waals surface area contributed by atoms with E-state index in [0.717, 1.165) is 49.8 Å². The van der Waals surface area contributed by atoms with Crippen LogP contribution in [0, 0.1) is 5.92 Å². The molecular formula is C25H24Cl2F3NO3S. The van der Waals surface area contributed by atoms with Gasteiger partial charge >= 0.3 is 6.18 Å². The highest BCUT2D eigenvalue weighted by Crippen LogP contribution is 2.51. The van der Waals surface area contributed by atoms with Crippen LogP contribution >= 0.6 is 34.5 Å². The van der Waals surface area contributed by atoms with E-state index in [1.54, 1.807) is 0 Å². The Morgan fingerprint density at radius 3 is 2.49 bits per heavy atom. The highest BCUT2D eigenvalue weighted by Gasteiger charge is 2.62. The number of thiophene rings is 1. The van der Waals surface area contributed by atoms with Crippen LogP contribution < -0.4 is 0 Å². The van der Waals surface area contributed by atoms with Gasteiger partial charge in [0.1, 0.15) is 5.71 Å². The van der Waals surface area contributed by atoms with Crippen LogP contribution in [0.25, 0.3) is 0 Å². The van der Waals surface area contributed by atoms with E-state index in [1.165, 1.54) is 29.5 Å². The first-order chi connectivity index (χ1) is 16.7. The second-order valence-corrected chi connectivity index (χ2v) is 11.3. The molecule has 0 radical (unpaired) electrons. The van der Waals surface area contributed by atoms with Crippen molar-refractivity contribution in [1.82, 2.24) is 0 Å². The van der Waals surface area contributed by atoms with Gasteiger partial charge in [0.15, 0.2) is 5.78 Å². The van der Waals surface area contributed by atoms with Gasteiger partial charge in [0.25, 0.3) is 5.60 Å². The van der Waals surface area contributed by atoms with Crippen LogP contribution in [0.3, 0.4) is 0 Å². The lowest BCUT2D eigenvalue weighted by Crippen LogP contribution is -2.42. The smallest absolute Gasteiger partial charge is 0.381 e. The van der Waals surface area contributed by atoms with Crippen molar-refractivity contribution < 1.29 is 27.5 Å². The first-order valence-electron chi connectivity index (χ1n) is 11.7. The molecule has 35 heavy (non-hydrogen) atoms. The Morgan fingerprint density at radius 1 is 1.11 bits per heavy atom. The molecular weight excluding hydrogens is 522 g/mol. The number of hydrogen-bond acceptors (Lipinski definition) is 5. The molecule has 1 aromatic carbocycles. The van der Waals surface area contributed by atoms with E-state index in [-0.39, 0.29) is 33.0 Å². The van der Waals surface area contributed by atoms with Crippen molar-refractivity contribution in [1.29, 1.82) is 0 Å². The molecule has 0 N–H and O–H groups in total. The number of oxime groups is 1. The van der Waals surface area contributed by atoms with Crippen molar-refractivity contribution in [2.45, 2.75) is 63.1 Å². The predicted molar refractivity (Wildman–Crippen MR) is 130 cm³/mol. The van der Waals surface area contributed by atoms with Crippen molar-refractivity contribution in [3.05, 3.63) is 54.7 Å². The maximum atomic E-state index is 14.4. The quantitative estimate of drug-likeness (QED) is 0.365. The lowest BCUT2D eigenvalue weighted by molar-refractivity contribution is -0.275. The molecule has 4 nitrogen and oxygen atoms in total. The van der Waals surface area contributed by atoms with Crippen LogP contribution in [-0.4, -0.2) is 30.9 Å². The molecule has 1 saturated heterocycles. The van der Waals surface area contributed by atoms with E-state index < -0.39 is 18.2 Å². The molecule has 3 aliphatic rings. The summed E-state index contributed by atoms with van der Waals surface area (Å²) in [4.78, 5) is 19.8. The molecule has 1 aromatic heterocycles. The third-order valence-corrected chi connectivity index (χ3v) is 8.78. The molecule has 2 atom stereocenters. The second-order valence-electron chi connectivity index (χ2n) is 9.42. The summed E-state index contributed by atoms with van der Waals surface area (Å²) in [6.45, 7) is 1.30. The van der Waals surface area contributed by atoms with Crippen molar-refractivity contribution >= 4 is 46.0 Å². The van der Waals surface area contributed by atoms with E-state index in [0.29, 0.717) is 29.2 Å². The van der Waals surface area contributed by atoms with E-state index in [9.17, 15) is 18.0 Å². The van der Waals surface area contributed by atoms with Gasteiger partial charge in [-0.1, -0.05) is 28.4 Å². The SMILES string of the molecule is O=C(CC1CCCOC1)c1sc(C2=NOC(c3cc(Cl)cc(Cl)c3)(C(F)(F)F)C2)c2c1CCCC2. The second kappa shape index (κ2) is 9.69. The van der Waals surface area contributed by atoms with Gasteiger partial charge < -0.3 is 9.57 Å². The molecule has 1 fully saturated rings. The summed E-state index contributed by atoms with van der Waals surface area (Å²) in [5, 5.41) is 4.12. The molecule has 2 unspecified atom stereocenters. The summed E-state index contributed by atoms with van der Waals surface area (Å²) >= 11 is 13.3. The molecule has 2 aromatic rings. The van der Waals surface area contributed by atoms with Gasteiger partial charge in [-0.3, -0.25) is 4.79 Å². The third kappa shape index (κ3) is 4.75. The predicted octanol–water partition coefficient (Wildman–Crippen LogP) is 7.52. The Kier molecular flexibility index (Phi) is 6.94. The molecule has 188 valence electrons. The Hall–Kier alpha value is -1.61. The summed E-state index contributed by atoms with van der Waals surface area (Å²) in [5.74, 6) is 0.219. The van der Waals surface area contributed by atoms with Gasteiger partial charge in [0.2, 0.25) is 0 Å². The summed E-state index contributed by atoms with van der Waals surface area (Å²) in [6, 6.07) is 3.80. The number of nitrogens with zero attached hydrogens (tertiary/aromatic N) is 1. The fraction of sp³-hybridized carbons (Fsp3) is 0.520. The minimum Gasteiger partial charge on any atom is -0.381 e. The summed E-state index contributed by atoms with van der Waals surface area (Å²) < 4.78 is 48.8. The van der Waals surface area contributed by atoms with Gasteiger partial charge in [0.05, 0.1) is 16.2 Å². The van der Waals surface area contributed by atoms with E-state index in [1.807, 2.05) is 0 Å². The van der Waals surface area contributed by atoms with Crippen molar-refractivity contribution in [3.8, 4) is 0 Å². The van der Waals surface area contributed by atoms with Crippen LogP contribution in [0.15, 0.2) is 23.4 Å². The summed E-state index contributed by atoms with van der Waals surface area (Å²) in [7, 11) is 0. The van der Waals surface area contributed by atoms with Crippen molar-refractivity contribution in [2.75, 3.05) is 13.2 Å². The lowest BCUT2D eigenvalue weighted by atomic mass is 9.85. The maximum Gasteiger partial charge on any atom is 0.435 e. The van der Waals surface area contributed by atoms with Crippen LogP contribution in [0.2, 0.25) is 10.0 Å². The molecule has 3 heterocycles. The first kappa shape index (κ1) is 25.1. The van der Waals surface area contributed by atoms with E-state index in [2.05, 4.69) is 5.16 Å². The summed E-state index contributed by atoms with van der Waals surface area (Å²) in [5.41, 5.74) is -0.765. The zero-order valence-corrected chi connectivity index (χ0v) is 21.2. The highest BCUT2D eigenvalue weighted by molar-refractivity contribution is 7.16. The number of fused-ring (bicyclic) bond motifs is 1. The van der Waals surface area contributed by atoms with E-state index in [4.69, 9.17) is 32.8 Å². The number of benzene rings is 1. The van der Waals surface area contributed by atoms with Crippen LogP contribution in [0.4, 0.5) is 13.2 Å². The van der Waals surface area contributed by atoms with Crippen molar-refractivity contribution in [3.63, 3.8) is 0 Å². The average Bonchev–Trinajstić information content (AvgIpc) is 3.42. The number of halogens is 5. The molecule has 10 heteroatoms. The molecule has 0 amide bonds. The number of carbonyl (C=O) groups is 1. The van der Waals surface area contributed by atoms with Crippen LogP contribution in [-0.2, 0) is 28.0 Å². The number of ketones is 1. The third-order valence-electron chi connectivity index (χ3n) is 6.98. The van der Waals surface area contributed by atoms with Gasteiger partial charge in [-0.05, 0) is 73.8 Å². The monoisotopic (exact) mass is 545 g/mol. The molecule has 5 rings (SSSR count). The Morgan fingerprint density at radius 2 is 1.83 bits per heavy atom. The highest BCUT2D eigenvalue weighted by atomic mass is 35.5. The van der Waals surface area contributed by atoms with Gasteiger partial charge in [-0.15, -0.1) is 11.3 Å². The Balaban J connectivity index is 1.49. The average molecular weight is 546 g/mol. The largest absolute Gasteiger partial charge is 0.435 e. The Labute approximate surface area is 215 Å². The standard InChI is InChI=1S/C25H24Cl2F3NO3S/c26-16-9-15(10-17(27)11-16)24(25(28,29)30)12-20(31-34-24)22-18-5-1-2-6-19(18)23(35-22)21(32)8-14-4-3-7-33-13-14/h9-11,14H,1-8,12-13H2. The molecule has 0 saturated carbocycles.